The molecule has 214 valence electrons. The third-order valence-electron chi connectivity index (χ3n) is 8.65. The number of imide groups is 1. The van der Waals surface area contributed by atoms with Crippen LogP contribution >= 0.6 is 0 Å². The average Bonchev–Trinajstić information content (AvgIpc) is 3.51. The molecule has 0 saturated carbocycles. The maximum absolute atomic E-state index is 14.1. The molecule has 4 aromatic rings. The Morgan fingerprint density at radius 2 is 1.71 bits per heavy atom. The van der Waals surface area contributed by atoms with Gasteiger partial charge >= 0.3 is 6.03 Å². The van der Waals surface area contributed by atoms with Gasteiger partial charge in [0.2, 0.25) is 0 Å². The number of amides is 4. The number of morpholine rings is 1. The number of carbonyl (C=O) groups is 3. The lowest BCUT2D eigenvalue weighted by Crippen LogP contribution is -2.44. The van der Waals surface area contributed by atoms with Gasteiger partial charge in [0.05, 0.1) is 18.9 Å². The average molecular weight is 564 g/mol. The fraction of sp³-hybridized carbons (Fsp3) is 0.303. The number of anilines is 1. The minimum Gasteiger partial charge on any atom is -0.379 e. The van der Waals surface area contributed by atoms with E-state index in [4.69, 9.17) is 4.74 Å². The molecule has 2 atom stereocenters. The van der Waals surface area contributed by atoms with Crippen molar-refractivity contribution in [1.82, 2.24) is 20.1 Å². The summed E-state index contributed by atoms with van der Waals surface area (Å²) in [6.45, 7) is 6.50. The maximum Gasteiger partial charge on any atom is 0.332 e. The Morgan fingerprint density at radius 1 is 0.976 bits per heavy atom. The molecule has 3 aromatic carbocycles. The van der Waals surface area contributed by atoms with Crippen molar-refractivity contribution in [3.63, 3.8) is 0 Å². The number of aromatic amines is 1. The van der Waals surface area contributed by atoms with Crippen molar-refractivity contribution in [2.24, 2.45) is 0 Å². The van der Waals surface area contributed by atoms with E-state index in [1.54, 1.807) is 29.2 Å². The minimum absolute atomic E-state index is 0.184. The van der Waals surface area contributed by atoms with E-state index in [1.165, 1.54) is 4.90 Å². The number of aromatic nitrogens is 1. The maximum atomic E-state index is 14.1. The molecule has 0 radical (unpaired) electrons. The van der Waals surface area contributed by atoms with Crippen LogP contribution in [-0.2, 0) is 16.0 Å². The van der Waals surface area contributed by atoms with Gasteiger partial charge in [0.25, 0.3) is 11.8 Å². The first-order valence-corrected chi connectivity index (χ1v) is 14.5. The molecule has 9 heteroatoms. The molecule has 4 amide bonds. The summed E-state index contributed by atoms with van der Waals surface area (Å²) in [7, 11) is 0. The van der Waals surface area contributed by atoms with E-state index >= 15 is 0 Å². The molecule has 0 bridgehead atoms. The predicted octanol–water partition coefficient (Wildman–Crippen LogP) is 4.02. The number of fused-ring (bicyclic) bond motifs is 4. The highest BCUT2D eigenvalue weighted by Crippen LogP contribution is 2.44. The van der Waals surface area contributed by atoms with Gasteiger partial charge in [-0.15, -0.1) is 0 Å². The van der Waals surface area contributed by atoms with Gasteiger partial charge in [-0.05, 0) is 48.4 Å². The van der Waals surface area contributed by atoms with E-state index in [1.807, 2.05) is 49.4 Å². The topological polar surface area (TPSA) is 98.0 Å². The van der Waals surface area contributed by atoms with Crippen molar-refractivity contribution in [2.45, 2.75) is 25.4 Å². The van der Waals surface area contributed by atoms with E-state index < -0.39 is 12.1 Å². The Hall–Kier alpha value is -4.47. The number of nitrogens with zero attached hydrogens (tertiary/aromatic N) is 3. The van der Waals surface area contributed by atoms with Gasteiger partial charge in [-0.2, -0.15) is 0 Å². The number of H-pyrrole nitrogens is 1. The monoisotopic (exact) mass is 563 g/mol. The molecule has 3 aliphatic heterocycles. The lowest BCUT2D eigenvalue weighted by molar-refractivity contribution is -0.120. The Labute approximate surface area is 244 Å². The summed E-state index contributed by atoms with van der Waals surface area (Å²) >= 11 is 0. The zero-order chi connectivity index (χ0) is 28.8. The van der Waals surface area contributed by atoms with Crippen LogP contribution in [0.4, 0.5) is 10.5 Å². The second kappa shape index (κ2) is 10.7. The Balaban J connectivity index is 1.15. The number of ether oxygens (including phenoxy) is 1. The van der Waals surface area contributed by atoms with Gasteiger partial charge in [-0.3, -0.25) is 19.4 Å². The van der Waals surface area contributed by atoms with E-state index in [0.717, 1.165) is 66.1 Å². The first-order chi connectivity index (χ1) is 20.5. The van der Waals surface area contributed by atoms with Gasteiger partial charge in [0.15, 0.2) is 0 Å². The van der Waals surface area contributed by atoms with Crippen molar-refractivity contribution in [2.75, 3.05) is 44.3 Å². The molecule has 2 saturated heterocycles. The molecule has 4 heterocycles. The molecule has 0 spiro atoms. The number of nitrogens with one attached hydrogen (secondary N) is 2. The van der Waals surface area contributed by atoms with Crippen LogP contribution in [0.2, 0.25) is 0 Å². The Kier molecular flexibility index (Phi) is 6.76. The molecule has 7 rings (SSSR count). The number of para-hydroxylation sites is 1. The van der Waals surface area contributed by atoms with Gasteiger partial charge < -0.3 is 15.0 Å². The zero-order valence-electron chi connectivity index (χ0n) is 23.5. The minimum atomic E-state index is -0.626. The molecule has 1 unspecified atom stereocenters. The number of carbonyl (C=O) groups excluding carboxylic acids is 3. The fourth-order valence-corrected chi connectivity index (χ4v) is 6.42. The molecule has 0 aliphatic carbocycles. The lowest BCUT2D eigenvalue weighted by atomic mass is 9.88. The van der Waals surface area contributed by atoms with Crippen LogP contribution in [0.15, 0.2) is 72.8 Å². The first kappa shape index (κ1) is 26.4. The predicted molar refractivity (Wildman–Crippen MR) is 160 cm³/mol. The third-order valence-corrected chi connectivity index (χ3v) is 8.65. The van der Waals surface area contributed by atoms with Crippen molar-refractivity contribution in [3.8, 4) is 0 Å². The summed E-state index contributed by atoms with van der Waals surface area (Å²) in [4.78, 5) is 49.6. The molecular formula is C33H33N5O4. The summed E-state index contributed by atoms with van der Waals surface area (Å²) in [6, 6.07) is 21.5. The molecule has 9 nitrogen and oxygen atoms in total. The zero-order valence-corrected chi connectivity index (χ0v) is 23.5. The van der Waals surface area contributed by atoms with Crippen LogP contribution in [-0.4, -0.2) is 78.1 Å². The molecule has 1 aromatic heterocycles. The van der Waals surface area contributed by atoms with Crippen LogP contribution in [0.1, 0.15) is 38.8 Å². The fourth-order valence-electron chi connectivity index (χ4n) is 6.42. The van der Waals surface area contributed by atoms with Crippen molar-refractivity contribution in [1.29, 1.82) is 0 Å². The number of aryl methyl sites for hydroxylation is 1. The van der Waals surface area contributed by atoms with Gasteiger partial charge in [-0.1, -0.05) is 48.0 Å². The second-order valence-electron chi connectivity index (χ2n) is 11.2. The summed E-state index contributed by atoms with van der Waals surface area (Å²) < 4.78 is 5.37. The van der Waals surface area contributed by atoms with Gasteiger partial charge in [0, 0.05) is 54.8 Å². The molecule has 42 heavy (non-hydrogen) atoms. The first-order valence-electron chi connectivity index (χ1n) is 14.5. The second-order valence-corrected chi connectivity index (χ2v) is 11.2. The van der Waals surface area contributed by atoms with Crippen LogP contribution < -0.4 is 10.2 Å². The highest BCUT2D eigenvalue weighted by Gasteiger charge is 2.53. The van der Waals surface area contributed by atoms with Crippen LogP contribution in [0.3, 0.4) is 0 Å². The van der Waals surface area contributed by atoms with Crippen molar-refractivity contribution < 1.29 is 19.1 Å². The summed E-state index contributed by atoms with van der Waals surface area (Å²) in [5.41, 5.74) is 6.03. The molecule has 2 fully saturated rings. The van der Waals surface area contributed by atoms with Crippen LogP contribution in [0, 0.1) is 6.92 Å². The van der Waals surface area contributed by atoms with Crippen LogP contribution in [0.25, 0.3) is 10.9 Å². The Morgan fingerprint density at radius 3 is 2.48 bits per heavy atom. The molecule has 3 aliphatic rings. The number of hydrogen-bond acceptors (Lipinski definition) is 5. The third kappa shape index (κ3) is 4.55. The highest BCUT2D eigenvalue weighted by atomic mass is 16.5. The lowest BCUT2D eigenvalue weighted by Gasteiger charge is -2.36. The Bertz CT molecular complexity index is 1660. The van der Waals surface area contributed by atoms with Gasteiger partial charge in [0.1, 0.15) is 12.1 Å². The summed E-state index contributed by atoms with van der Waals surface area (Å²) in [5, 5.41) is 4.04. The number of benzene rings is 3. The smallest absolute Gasteiger partial charge is 0.332 e. The summed E-state index contributed by atoms with van der Waals surface area (Å²) in [6.07, 6.45) is 0.437. The highest BCUT2D eigenvalue weighted by molar-refractivity contribution is 6.22. The number of hydrogen-bond donors (Lipinski definition) is 2. The SMILES string of the molecule is Cc1ccc(C2c3[nH]c4ccccc4c3C[C@H]3C(=O)N(c4ccc(C(=O)NCCN5CCOCC5)cc4)C(=O)N23)cc1. The normalized spacial score (nSPS) is 20.6. The molecule has 2 N–H and O–H groups in total. The van der Waals surface area contributed by atoms with E-state index in [0.29, 0.717) is 24.2 Å². The largest absolute Gasteiger partial charge is 0.379 e. The summed E-state index contributed by atoms with van der Waals surface area (Å²) in [5.74, 6) is -0.438. The van der Waals surface area contributed by atoms with E-state index in [-0.39, 0.29) is 17.8 Å². The number of urea groups is 1. The van der Waals surface area contributed by atoms with E-state index in [2.05, 4.69) is 21.3 Å². The number of rotatable bonds is 6. The molecular weight excluding hydrogens is 530 g/mol. The quantitative estimate of drug-likeness (QED) is 0.346. The standard InChI is InChI=1S/C33H33N5O4/c1-21-6-8-22(9-7-21)30-29-26(25-4-2-3-5-27(25)35-29)20-28-32(40)37(33(41)38(28)30)24-12-10-23(11-13-24)31(39)34-14-15-36-16-18-42-19-17-36/h2-13,28,30,35H,14-20H2,1H3,(H,34,39)/t28-,30?/m0/s1. The van der Waals surface area contributed by atoms with Crippen LogP contribution in [0.5, 0.6) is 0 Å². The van der Waals surface area contributed by atoms with Crippen molar-refractivity contribution >= 4 is 34.4 Å². The van der Waals surface area contributed by atoms with Gasteiger partial charge in [-0.25, -0.2) is 9.69 Å². The van der Waals surface area contributed by atoms with Crippen molar-refractivity contribution in [3.05, 3.63) is 101 Å². The van der Waals surface area contributed by atoms with E-state index in [9.17, 15) is 14.4 Å².